The maximum atomic E-state index is 12.4. The van der Waals surface area contributed by atoms with E-state index in [4.69, 9.17) is 5.26 Å². The van der Waals surface area contributed by atoms with Crippen LogP contribution in [0.1, 0.15) is 28.7 Å². The highest BCUT2D eigenvalue weighted by molar-refractivity contribution is 7.84. The van der Waals surface area contributed by atoms with Crippen molar-refractivity contribution < 1.29 is 4.21 Å². The maximum Gasteiger partial charge on any atom is 0.0991 e. The van der Waals surface area contributed by atoms with Crippen molar-refractivity contribution in [2.24, 2.45) is 0 Å². The van der Waals surface area contributed by atoms with Crippen molar-refractivity contribution in [3.63, 3.8) is 0 Å². The molecule has 1 atom stereocenters. The van der Waals surface area contributed by atoms with Crippen molar-refractivity contribution in [1.29, 1.82) is 5.26 Å². The lowest BCUT2D eigenvalue weighted by Crippen LogP contribution is -1.98. The Balaban J connectivity index is 1.77. The highest BCUT2D eigenvalue weighted by Crippen LogP contribution is 2.25. The number of benzene rings is 2. The highest BCUT2D eigenvalue weighted by atomic mass is 32.2. The third-order valence-corrected chi connectivity index (χ3v) is 5.09. The van der Waals surface area contributed by atoms with Gasteiger partial charge in [-0.2, -0.15) is 5.26 Å². The molecule has 0 aliphatic heterocycles. The van der Waals surface area contributed by atoms with Crippen molar-refractivity contribution in [2.45, 2.75) is 29.9 Å². The molecule has 1 unspecified atom stereocenters. The smallest absolute Gasteiger partial charge is 0.0991 e. The predicted octanol–water partition coefficient (Wildman–Crippen LogP) is 3.35. The van der Waals surface area contributed by atoms with Gasteiger partial charge in [0.2, 0.25) is 0 Å². The molecule has 20 heavy (non-hydrogen) atoms. The van der Waals surface area contributed by atoms with Crippen LogP contribution in [0.5, 0.6) is 0 Å². The first-order valence-electron chi connectivity index (χ1n) is 6.75. The molecule has 0 spiro atoms. The zero-order valence-electron chi connectivity index (χ0n) is 11.1. The average molecular weight is 281 g/mol. The number of hydrogen-bond donors (Lipinski definition) is 0. The molecule has 100 valence electrons. The Morgan fingerprint density at radius 3 is 2.55 bits per heavy atom. The molecule has 2 nitrogen and oxygen atoms in total. The van der Waals surface area contributed by atoms with E-state index in [1.165, 1.54) is 17.5 Å². The molecule has 0 amide bonds. The molecule has 0 heterocycles. The van der Waals surface area contributed by atoms with Crippen LogP contribution in [0.15, 0.2) is 47.4 Å². The minimum absolute atomic E-state index is 0.504. The van der Waals surface area contributed by atoms with Gasteiger partial charge in [-0.05, 0) is 60.2 Å². The van der Waals surface area contributed by atoms with Crippen LogP contribution in [0.25, 0.3) is 0 Å². The summed E-state index contributed by atoms with van der Waals surface area (Å²) in [6.45, 7) is 0. The average Bonchev–Trinajstić information content (AvgIpc) is 2.95. The van der Waals surface area contributed by atoms with Crippen molar-refractivity contribution in [1.82, 2.24) is 0 Å². The molecule has 2 aromatic rings. The second-order valence-electron chi connectivity index (χ2n) is 5.08. The summed E-state index contributed by atoms with van der Waals surface area (Å²) in [6, 6.07) is 15.6. The highest BCUT2D eigenvalue weighted by Gasteiger charge is 2.13. The molecule has 3 heteroatoms. The first-order chi connectivity index (χ1) is 9.76. The van der Waals surface area contributed by atoms with E-state index in [9.17, 15) is 4.21 Å². The van der Waals surface area contributed by atoms with Gasteiger partial charge in [-0.15, -0.1) is 0 Å². The predicted molar refractivity (Wildman–Crippen MR) is 79.7 cm³/mol. The van der Waals surface area contributed by atoms with Crippen LogP contribution < -0.4 is 0 Å². The van der Waals surface area contributed by atoms with Crippen LogP contribution in [0.2, 0.25) is 0 Å². The maximum absolute atomic E-state index is 12.4. The molecule has 1 aliphatic rings. The molecule has 0 saturated carbocycles. The van der Waals surface area contributed by atoms with Gasteiger partial charge in [0.05, 0.1) is 28.2 Å². The number of aryl methyl sites for hydroxylation is 2. The lowest BCUT2D eigenvalue weighted by atomic mass is 10.1. The second kappa shape index (κ2) is 5.60. The van der Waals surface area contributed by atoms with E-state index < -0.39 is 10.8 Å². The van der Waals surface area contributed by atoms with E-state index >= 15 is 0 Å². The molecule has 1 aliphatic carbocycles. The third-order valence-electron chi connectivity index (χ3n) is 3.71. The zero-order valence-corrected chi connectivity index (χ0v) is 12.0. The van der Waals surface area contributed by atoms with Gasteiger partial charge in [0.1, 0.15) is 0 Å². The van der Waals surface area contributed by atoms with Crippen molar-refractivity contribution in [3.05, 3.63) is 64.7 Å². The van der Waals surface area contributed by atoms with Crippen molar-refractivity contribution in [3.8, 4) is 6.07 Å². The van der Waals surface area contributed by atoms with E-state index in [1.807, 2.05) is 18.2 Å². The standard InChI is InChI=1S/C17H15NOS/c18-11-13-4-6-14(7-5-13)12-20(19)17-9-8-15-2-1-3-16(15)10-17/h4-10H,1-3,12H2. The SMILES string of the molecule is N#Cc1ccc(CS(=O)c2ccc3c(c2)CCC3)cc1. The van der Waals surface area contributed by atoms with Crippen LogP contribution >= 0.6 is 0 Å². The van der Waals surface area contributed by atoms with Crippen LogP contribution in [-0.2, 0) is 29.4 Å². The van der Waals surface area contributed by atoms with Gasteiger partial charge in [0, 0.05) is 4.90 Å². The molecule has 3 rings (SSSR count). The Morgan fingerprint density at radius 1 is 1.05 bits per heavy atom. The molecule has 0 radical (unpaired) electrons. The quantitative estimate of drug-likeness (QED) is 0.865. The van der Waals surface area contributed by atoms with Crippen molar-refractivity contribution >= 4 is 10.8 Å². The lowest BCUT2D eigenvalue weighted by Gasteiger charge is -2.05. The fraction of sp³-hybridized carbons (Fsp3) is 0.235. The minimum Gasteiger partial charge on any atom is -0.254 e. The number of rotatable bonds is 3. The summed E-state index contributed by atoms with van der Waals surface area (Å²) < 4.78 is 12.4. The number of nitrogens with zero attached hydrogens (tertiary/aromatic N) is 1. The second-order valence-corrected chi connectivity index (χ2v) is 6.53. The van der Waals surface area contributed by atoms with Crippen LogP contribution in [0.3, 0.4) is 0 Å². The van der Waals surface area contributed by atoms with E-state index in [0.717, 1.165) is 23.3 Å². The summed E-state index contributed by atoms with van der Waals surface area (Å²) in [4.78, 5) is 0.912. The van der Waals surface area contributed by atoms with Gasteiger partial charge in [0.15, 0.2) is 0 Å². The Kier molecular flexibility index (Phi) is 3.66. The van der Waals surface area contributed by atoms with Gasteiger partial charge < -0.3 is 0 Å². The Morgan fingerprint density at radius 2 is 1.80 bits per heavy atom. The zero-order chi connectivity index (χ0) is 13.9. The van der Waals surface area contributed by atoms with Gasteiger partial charge in [-0.25, -0.2) is 0 Å². The third kappa shape index (κ3) is 2.66. The van der Waals surface area contributed by atoms with Crippen molar-refractivity contribution in [2.75, 3.05) is 0 Å². The number of nitriles is 1. The molecular formula is C17H15NOS. The van der Waals surface area contributed by atoms with Crippen LogP contribution in [0.4, 0.5) is 0 Å². The monoisotopic (exact) mass is 281 g/mol. The van der Waals surface area contributed by atoms with E-state index in [2.05, 4.69) is 18.2 Å². The summed E-state index contributed by atoms with van der Waals surface area (Å²) in [5.41, 5.74) is 4.40. The Hall–Kier alpha value is -1.92. The molecule has 2 aromatic carbocycles. The normalized spacial score (nSPS) is 14.6. The van der Waals surface area contributed by atoms with Crippen LogP contribution in [-0.4, -0.2) is 4.21 Å². The topological polar surface area (TPSA) is 40.9 Å². The van der Waals surface area contributed by atoms with E-state index in [0.29, 0.717) is 11.3 Å². The first-order valence-corrected chi connectivity index (χ1v) is 8.07. The molecule has 0 bridgehead atoms. The van der Waals surface area contributed by atoms with E-state index in [1.54, 1.807) is 12.1 Å². The summed E-state index contributed by atoms with van der Waals surface area (Å²) in [5, 5.41) is 8.77. The molecule has 0 aromatic heterocycles. The number of hydrogen-bond acceptors (Lipinski definition) is 2. The largest absolute Gasteiger partial charge is 0.254 e. The van der Waals surface area contributed by atoms with E-state index in [-0.39, 0.29) is 0 Å². The minimum atomic E-state index is -1.02. The summed E-state index contributed by atoms with van der Waals surface area (Å²) >= 11 is 0. The molecular weight excluding hydrogens is 266 g/mol. The molecule has 0 N–H and O–H groups in total. The van der Waals surface area contributed by atoms with Gasteiger partial charge in [-0.3, -0.25) is 4.21 Å². The fourth-order valence-electron chi connectivity index (χ4n) is 2.60. The Bertz CT molecular complexity index is 698. The van der Waals surface area contributed by atoms with Gasteiger partial charge in [0.25, 0.3) is 0 Å². The summed E-state index contributed by atoms with van der Waals surface area (Å²) in [7, 11) is -1.02. The molecule has 0 fully saturated rings. The number of fused-ring (bicyclic) bond motifs is 1. The summed E-state index contributed by atoms with van der Waals surface area (Å²) in [6.07, 6.45) is 3.47. The first kappa shape index (κ1) is 13.1. The van der Waals surface area contributed by atoms with Gasteiger partial charge in [-0.1, -0.05) is 18.2 Å². The Labute approximate surface area is 121 Å². The fourth-order valence-corrected chi connectivity index (χ4v) is 3.76. The van der Waals surface area contributed by atoms with Gasteiger partial charge >= 0.3 is 0 Å². The lowest BCUT2D eigenvalue weighted by molar-refractivity contribution is 0.682. The summed E-state index contributed by atoms with van der Waals surface area (Å²) in [5.74, 6) is 0.504. The van der Waals surface area contributed by atoms with Crippen LogP contribution in [0, 0.1) is 11.3 Å². The molecule has 0 saturated heterocycles.